The number of nitrogen functional groups attached to an aromatic ring is 1. The van der Waals surface area contributed by atoms with Crippen LogP contribution in [0.2, 0.25) is 0 Å². The largest absolute Gasteiger partial charge is 0.323 e. The first-order valence-electron chi connectivity index (χ1n) is 6.75. The van der Waals surface area contributed by atoms with Crippen molar-refractivity contribution in [1.82, 2.24) is 4.98 Å². The quantitative estimate of drug-likeness (QED) is 0.598. The number of nitrogens with one attached hydrogen (secondary N) is 2. The van der Waals surface area contributed by atoms with Crippen molar-refractivity contribution in [3.8, 4) is 0 Å². The zero-order chi connectivity index (χ0) is 15.5. The minimum Gasteiger partial charge on any atom is -0.323 e. The summed E-state index contributed by atoms with van der Waals surface area (Å²) in [6, 6.07) is 9.43. The van der Waals surface area contributed by atoms with Gasteiger partial charge in [0.05, 0.1) is 11.3 Å². The lowest BCUT2D eigenvalue weighted by Crippen LogP contribution is -2.20. The maximum Gasteiger partial charge on any atom is 0.259 e. The van der Waals surface area contributed by atoms with E-state index in [2.05, 4.69) is 36.5 Å². The number of anilines is 2. The fourth-order valence-corrected chi connectivity index (χ4v) is 2.14. The summed E-state index contributed by atoms with van der Waals surface area (Å²) in [5.41, 5.74) is 5.26. The van der Waals surface area contributed by atoms with E-state index in [-0.39, 0.29) is 11.3 Å². The third-order valence-electron chi connectivity index (χ3n) is 3.20. The van der Waals surface area contributed by atoms with Gasteiger partial charge in [-0.25, -0.2) is 0 Å². The number of carbonyl (C=O) groups excluding carboxylic acids is 1. The number of hydrazine groups is 1. The van der Waals surface area contributed by atoms with Gasteiger partial charge in [0, 0.05) is 18.1 Å². The molecular formula is C16H20N4O. The molecule has 1 amide bonds. The van der Waals surface area contributed by atoms with E-state index in [1.165, 1.54) is 6.20 Å². The van der Waals surface area contributed by atoms with Crippen LogP contribution in [0.15, 0.2) is 42.7 Å². The van der Waals surface area contributed by atoms with Gasteiger partial charge in [0.15, 0.2) is 0 Å². The molecule has 5 heteroatoms. The Morgan fingerprint density at radius 3 is 2.52 bits per heavy atom. The molecule has 0 aliphatic heterocycles. The fraction of sp³-hybridized carbons (Fsp3) is 0.250. The van der Waals surface area contributed by atoms with E-state index in [1.807, 2.05) is 24.3 Å². The van der Waals surface area contributed by atoms with Gasteiger partial charge in [-0.3, -0.25) is 15.6 Å². The maximum atomic E-state index is 12.4. The second-order valence-electron chi connectivity index (χ2n) is 5.82. The molecular weight excluding hydrogens is 264 g/mol. The molecule has 110 valence electrons. The lowest BCUT2D eigenvalue weighted by Gasteiger charge is -2.23. The molecule has 21 heavy (non-hydrogen) atoms. The molecule has 2 aromatic rings. The molecule has 0 aliphatic rings. The van der Waals surface area contributed by atoms with Crippen LogP contribution in [-0.4, -0.2) is 10.9 Å². The average molecular weight is 284 g/mol. The number of nitrogens with zero attached hydrogens (tertiary/aromatic N) is 1. The van der Waals surface area contributed by atoms with Crippen molar-refractivity contribution in [2.75, 3.05) is 10.7 Å². The van der Waals surface area contributed by atoms with Gasteiger partial charge in [-0.2, -0.15) is 0 Å². The molecule has 0 radical (unpaired) electrons. The first kappa shape index (κ1) is 15.0. The molecule has 4 N–H and O–H groups in total. The summed E-state index contributed by atoms with van der Waals surface area (Å²) >= 11 is 0. The Labute approximate surface area is 124 Å². The normalized spacial score (nSPS) is 11.0. The molecule has 1 aromatic carbocycles. The summed E-state index contributed by atoms with van der Waals surface area (Å²) in [6.07, 6.45) is 3.07. The predicted molar refractivity (Wildman–Crippen MR) is 85.1 cm³/mol. The molecule has 0 aliphatic carbocycles. The van der Waals surface area contributed by atoms with E-state index < -0.39 is 0 Å². The maximum absolute atomic E-state index is 12.4. The van der Waals surface area contributed by atoms with Crippen molar-refractivity contribution in [2.24, 2.45) is 5.84 Å². The Balaban J connectivity index is 2.33. The minimum absolute atomic E-state index is 0.0617. The van der Waals surface area contributed by atoms with Gasteiger partial charge in [-0.15, -0.1) is 0 Å². The van der Waals surface area contributed by atoms with E-state index >= 15 is 0 Å². The molecule has 0 unspecified atom stereocenters. The van der Waals surface area contributed by atoms with Gasteiger partial charge in [0.2, 0.25) is 0 Å². The van der Waals surface area contributed by atoms with E-state index in [9.17, 15) is 4.79 Å². The number of benzene rings is 1. The van der Waals surface area contributed by atoms with Crippen LogP contribution in [0.3, 0.4) is 0 Å². The van der Waals surface area contributed by atoms with Crippen molar-refractivity contribution >= 4 is 17.3 Å². The standard InChI is InChI=1S/C16H20N4O/c1-16(2,3)12-6-4-5-7-14(12)19-15(21)11-10-18-9-8-13(11)20-17/h4-10H,17H2,1-3H3,(H,18,20)(H,19,21). The SMILES string of the molecule is CC(C)(C)c1ccccc1NC(=O)c1cnccc1NN. The first-order valence-corrected chi connectivity index (χ1v) is 6.75. The van der Waals surface area contributed by atoms with E-state index in [0.29, 0.717) is 11.3 Å². The highest BCUT2D eigenvalue weighted by Gasteiger charge is 2.19. The summed E-state index contributed by atoms with van der Waals surface area (Å²) in [7, 11) is 0. The predicted octanol–water partition coefficient (Wildman–Crippen LogP) is 2.92. The fourth-order valence-electron chi connectivity index (χ4n) is 2.14. The molecule has 0 saturated carbocycles. The Kier molecular flexibility index (Phi) is 4.23. The van der Waals surface area contributed by atoms with Crippen LogP contribution in [0.5, 0.6) is 0 Å². The Morgan fingerprint density at radius 2 is 1.86 bits per heavy atom. The first-order chi connectivity index (χ1) is 9.93. The zero-order valence-corrected chi connectivity index (χ0v) is 12.5. The topological polar surface area (TPSA) is 80.0 Å². The molecule has 1 heterocycles. The second-order valence-corrected chi connectivity index (χ2v) is 5.82. The lowest BCUT2D eigenvalue weighted by molar-refractivity contribution is 0.102. The number of aromatic nitrogens is 1. The molecule has 2 rings (SSSR count). The van der Waals surface area contributed by atoms with Crippen molar-refractivity contribution < 1.29 is 4.79 Å². The van der Waals surface area contributed by atoms with Gasteiger partial charge in [-0.1, -0.05) is 39.0 Å². The van der Waals surface area contributed by atoms with Crippen LogP contribution in [0.1, 0.15) is 36.7 Å². The van der Waals surface area contributed by atoms with E-state index in [4.69, 9.17) is 5.84 Å². The highest BCUT2D eigenvalue weighted by molar-refractivity contribution is 6.08. The number of para-hydroxylation sites is 1. The average Bonchev–Trinajstić information content (AvgIpc) is 2.46. The van der Waals surface area contributed by atoms with E-state index in [1.54, 1.807) is 12.3 Å². The summed E-state index contributed by atoms with van der Waals surface area (Å²) in [5.74, 6) is 5.18. The molecule has 0 spiro atoms. The number of rotatable bonds is 3. The van der Waals surface area contributed by atoms with Crippen LogP contribution in [0, 0.1) is 0 Å². The van der Waals surface area contributed by atoms with Gasteiger partial charge in [-0.05, 0) is 23.1 Å². The number of amides is 1. The van der Waals surface area contributed by atoms with Gasteiger partial charge in [0.25, 0.3) is 5.91 Å². The highest BCUT2D eigenvalue weighted by Crippen LogP contribution is 2.29. The summed E-state index contributed by atoms with van der Waals surface area (Å²) in [6.45, 7) is 6.32. The van der Waals surface area contributed by atoms with Crippen LogP contribution in [0.25, 0.3) is 0 Å². The van der Waals surface area contributed by atoms with Crippen molar-refractivity contribution in [1.29, 1.82) is 0 Å². The summed E-state index contributed by atoms with van der Waals surface area (Å²) in [4.78, 5) is 16.4. The number of hydrogen-bond donors (Lipinski definition) is 3. The van der Waals surface area contributed by atoms with Crippen LogP contribution in [0.4, 0.5) is 11.4 Å². The van der Waals surface area contributed by atoms with Gasteiger partial charge < -0.3 is 10.7 Å². The van der Waals surface area contributed by atoms with Crippen LogP contribution in [-0.2, 0) is 5.41 Å². The Hall–Kier alpha value is -2.40. The zero-order valence-electron chi connectivity index (χ0n) is 12.5. The second kappa shape index (κ2) is 5.93. The third kappa shape index (κ3) is 3.38. The lowest BCUT2D eigenvalue weighted by atomic mass is 9.86. The van der Waals surface area contributed by atoms with Crippen molar-refractivity contribution in [3.05, 3.63) is 53.9 Å². The third-order valence-corrected chi connectivity index (χ3v) is 3.20. The molecule has 0 atom stereocenters. The van der Waals surface area contributed by atoms with Gasteiger partial charge >= 0.3 is 0 Å². The monoisotopic (exact) mass is 284 g/mol. The van der Waals surface area contributed by atoms with Crippen molar-refractivity contribution in [3.63, 3.8) is 0 Å². The molecule has 0 fully saturated rings. The molecule has 0 saturated heterocycles. The van der Waals surface area contributed by atoms with Crippen molar-refractivity contribution in [2.45, 2.75) is 26.2 Å². The molecule has 0 bridgehead atoms. The summed E-state index contributed by atoms with van der Waals surface area (Å²) < 4.78 is 0. The number of nitrogens with two attached hydrogens (primary N) is 1. The molecule has 5 nitrogen and oxygen atoms in total. The highest BCUT2D eigenvalue weighted by atomic mass is 16.1. The molecule has 1 aromatic heterocycles. The summed E-state index contributed by atoms with van der Waals surface area (Å²) in [5, 5.41) is 2.93. The Morgan fingerprint density at radius 1 is 1.14 bits per heavy atom. The van der Waals surface area contributed by atoms with Crippen LogP contribution >= 0.6 is 0 Å². The number of pyridine rings is 1. The van der Waals surface area contributed by atoms with E-state index in [0.717, 1.165) is 11.3 Å². The minimum atomic E-state index is -0.243. The van der Waals surface area contributed by atoms with Gasteiger partial charge in [0.1, 0.15) is 0 Å². The Bertz CT molecular complexity index is 647. The number of carbonyl (C=O) groups is 1. The van der Waals surface area contributed by atoms with Crippen LogP contribution < -0.4 is 16.6 Å². The number of hydrogen-bond acceptors (Lipinski definition) is 4. The smallest absolute Gasteiger partial charge is 0.259 e.